The topological polar surface area (TPSA) is 25.8 Å². The number of aryl methyl sites for hydroxylation is 2. The third kappa shape index (κ3) is 2.27. The lowest BCUT2D eigenvalue weighted by molar-refractivity contribution is 0.508. The Morgan fingerprint density at radius 2 is 1.77 bits per heavy atom. The minimum absolute atomic E-state index is 0.444. The molecular formula is C11H18N2. The van der Waals surface area contributed by atoms with Gasteiger partial charge in [-0.1, -0.05) is 20.8 Å². The van der Waals surface area contributed by atoms with Gasteiger partial charge in [0.1, 0.15) is 5.82 Å². The van der Waals surface area contributed by atoms with Crippen LogP contribution in [0.25, 0.3) is 0 Å². The Bertz CT molecular complexity index is 292. The Kier molecular flexibility index (Phi) is 3.02. The van der Waals surface area contributed by atoms with Gasteiger partial charge in [0.05, 0.1) is 0 Å². The maximum absolute atomic E-state index is 4.48. The van der Waals surface area contributed by atoms with Crippen LogP contribution >= 0.6 is 0 Å². The molecule has 0 N–H and O–H groups in total. The monoisotopic (exact) mass is 178 g/mol. The molecule has 0 amide bonds. The summed E-state index contributed by atoms with van der Waals surface area (Å²) in [6.45, 7) is 10.6. The van der Waals surface area contributed by atoms with Gasteiger partial charge in [0.15, 0.2) is 0 Å². The largest absolute Gasteiger partial charge is 0.241 e. The van der Waals surface area contributed by atoms with E-state index in [0.29, 0.717) is 11.8 Å². The van der Waals surface area contributed by atoms with Gasteiger partial charge in [-0.2, -0.15) is 0 Å². The van der Waals surface area contributed by atoms with Crippen LogP contribution in [0.1, 0.15) is 43.8 Å². The van der Waals surface area contributed by atoms with Crippen molar-refractivity contribution < 1.29 is 0 Å². The van der Waals surface area contributed by atoms with Crippen molar-refractivity contribution in [3.05, 3.63) is 23.3 Å². The Morgan fingerprint density at radius 1 is 1.15 bits per heavy atom. The predicted molar refractivity (Wildman–Crippen MR) is 54.8 cm³/mol. The summed E-state index contributed by atoms with van der Waals surface area (Å²) < 4.78 is 0. The maximum Gasteiger partial charge on any atom is 0.131 e. The van der Waals surface area contributed by atoms with Gasteiger partial charge >= 0.3 is 0 Å². The van der Waals surface area contributed by atoms with Crippen molar-refractivity contribution in [3.8, 4) is 0 Å². The van der Waals surface area contributed by atoms with Crippen molar-refractivity contribution in [1.82, 2.24) is 9.97 Å². The summed E-state index contributed by atoms with van der Waals surface area (Å²) in [4.78, 5) is 8.83. The lowest BCUT2D eigenvalue weighted by Gasteiger charge is -2.14. The van der Waals surface area contributed by atoms with Crippen LogP contribution in [0.4, 0.5) is 0 Å². The van der Waals surface area contributed by atoms with E-state index in [1.165, 1.54) is 5.56 Å². The van der Waals surface area contributed by atoms with E-state index in [9.17, 15) is 0 Å². The lowest BCUT2D eigenvalue weighted by Crippen LogP contribution is -2.08. The minimum atomic E-state index is 0.444. The average molecular weight is 178 g/mol. The van der Waals surface area contributed by atoms with E-state index >= 15 is 0 Å². The molecule has 72 valence electrons. The molecule has 2 nitrogen and oxygen atoms in total. The van der Waals surface area contributed by atoms with Crippen LogP contribution < -0.4 is 0 Å². The molecule has 0 fully saturated rings. The van der Waals surface area contributed by atoms with Gasteiger partial charge in [0.2, 0.25) is 0 Å². The molecule has 2 heteroatoms. The zero-order valence-corrected chi connectivity index (χ0v) is 9.13. The van der Waals surface area contributed by atoms with E-state index in [0.717, 1.165) is 11.5 Å². The highest BCUT2D eigenvalue weighted by atomic mass is 14.9. The summed E-state index contributed by atoms with van der Waals surface area (Å²) in [5.74, 6) is 2.01. The van der Waals surface area contributed by atoms with E-state index < -0.39 is 0 Å². The summed E-state index contributed by atoms with van der Waals surface area (Å²) in [5.41, 5.74) is 2.26. The van der Waals surface area contributed by atoms with Crippen LogP contribution in [0.2, 0.25) is 0 Å². The molecule has 0 aliphatic carbocycles. The third-order valence-electron chi connectivity index (χ3n) is 2.65. The summed E-state index contributed by atoms with van der Waals surface area (Å²) in [7, 11) is 0. The van der Waals surface area contributed by atoms with Gasteiger partial charge in [-0.3, -0.25) is 0 Å². The number of hydrogen-bond donors (Lipinski definition) is 0. The van der Waals surface area contributed by atoms with Gasteiger partial charge < -0.3 is 0 Å². The standard InChI is InChI=1S/C11H18N2/c1-7(2)9(4)11-12-6-8(3)10(5)13-11/h6-7,9H,1-5H3. The molecule has 0 bridgehead atoms. The first-order valence-electron chi connectivity index (χ1n) is 4.82. The molecular weight excluding hydrogens is 160 g/mol. The third-order valence-corrected chi connectivity index (χ3v) is 2.65. The second kappa shape index (κ2) is 3.86. The van der Waals surface area contributed by atoms with Gasteiger partial charge in [-0.15, -0.1) is 0 Å². The highest BCUT2D eigenvalue weighted by Gasteiger charge is 2.13. The van der Waals surface area contributed by atoms with E-state index in [2.05, 4.69) is 30.7 Å². The Hall–Kier alpha value is -0.920. The highest BCUT2D eigenvalue weighted by Crippen LogP contribution is 2.20. The van der Waals surface area contributed by atoms with Crippen LogP contribution in [0.15, 0.2) is 6.20 Å². The fraction of sp³-hybridized carbons (Fsp3) is 0.636. The molecule has 1 unspecified atom stereocenters. The average Bonchev–Trinajstić information content (AvgIpc) is 2.08. The zero-order valence-electron chi connectivity index (χ0n) is 9.13. The lowest BCUT2D eigenvalue weighted by atomic mass is 9.97. The summed E-state index contributed by atoms with van der Waals surface area (Å²) >= 11 is 0. The molecule has 0 aromatic carbocycles. The second-order valence-corrected chi connectivity index (χ2v) is 4.03. The molecule has 1 rings (SSSR count). The van der Waals surface area contributed by atoms with Crippen molar-refractivity contribution in [3.63, 3.8) is 0 Å². The fourth-order valence-electron chi connectivity index (χ4n) is 1.06. The van der Waals surface area contributed by atoms with E-state index in [4.69, 9.17) is 0 Å². The minimum Gasteiger partial charge on any atom is -0.241 e. The molecule has 0 aliphatic rings. The van der Waals surface area contributed by atoms with Crippen LogP contribution in [0.3, 0.4) is 0 Å². The summed E-state index contributed by atoms with van der Waals surface area (Å²) in [6.07, 6.45) is 1.91. The molecule has 0 saturated heterocycles. The van der Waals surface area contributed by atoms with Gasteiger partial charge in [-0.05, 0) is 25.3 Å². The van der Waals surface area contributed by atoms with Gasteiger partial charge in [0.25, 0.3) is 0 Å². The van der Waals surface area contributed by atoms with Crippen LogP contribution in [-0.4, -0.2) is 9.97 Å². The highest BCUT2D eigenvalue weighted by molar-refractivity contribution is 5.14. The molecule has 1 heterocycles. The molecule has 0 aliphatic heterocycles. The normalized spacial score (nSPS) is 13.4. The molecule has 0 radical (unpaired) electrons. The van der Waals surface area contributed by atoms with E-state index in [-0.39, 0.29) is 0 Å². The van der Waals surface area contributed by atoms with Crippen molar-refractivity contribution in [2.75, 3.05) is 0 Å². The van der Waals surface area contributed by atoms with Crippen molar-refractivity contribution >= 4 is 0 Å². The predicted octanol–water partition coefficient (Wildman–Crippen LogP) is 2.85. The van der Waals surface area contributed by atoms with Crippen molar-refractivity contribution in [2.45, 2.75) is 40.5 Å². The first-order valence-corrected chi connectivity index (χ1v) is 4.82. The maximum atomic E-state index is 4.48. The zero-order chi connectivity index (χ0) is 10.0. The smallest absolute Gasteiger partial charge is 0.131 e. The Morgan fingerprint density at radius 3 is 2.23 bits per heavy atom. The number of rotatable bonds is 2. The molecule has 0 spiro atoms. The molecule has 1 atom stereocenters. The first-order chi connectivity index (χ1) is 6.02. The van der Waals surface area contributed by atoms with E-state index in [1.54, 1.807) is 0 Å². The molecule has 0 saturated carbocycles. The Labute approximate surface area is 80.4 Å². The van der Waals surface area contributed by atoms with Gasteiger partial charge in [0, 0.05) is 17.8 Å². The second-order valence-electron chi connectivity index (χ2n) is 4.03. The van der Waals surface area contributed by atoms with Crippen molar-refractivity contribution in [1.29, 1.82) is 0 Å². The summed E-state index contributed by atoms with van der Waals surface area (Å²) in [5, 5.41) is 0. The van der Waals surface area contributed by atoms with Crippen LogP contribution in [0.5, 0.6) is 0 Å². The van der Waals surface area contributed by atoms with E-state index in [1.807, 2.05) is 20.0 Å². The van der Waals surface area contributed by atoms with Gasteiger partial charge in [-0.25, -0.2) is 9.97 Å². The SMILES string of the molecule is Cc1cnc(C(C)C(C)C)nc1C. The fourth-order valence-corrected chi connectivity index (χ4v) is 1.06. The molecule has 13 heavy (non-hydrogen) atoms. The van der Waals surface area contributed by atoms with Crippen LogP contribution in [0, 0.1) is 19.8 Å². The molecule has 1 aromatic heterocycles. The number of nitrogens with zero attached hydrogens (tertiary/aromatic N) is 2. The summed E-state index contributed by atoms with van der Waals surface area (Å²) in [6, 6.07) is 0. The number of aromatic nitrogens is 2. The van der Waals surface area contributed by atoms with Crippen molar-refractivity contribution in [2.24, 2.45) is 5.92 Å². The molecule has 1 aromatic rings. The quantitative estimate of drug-likeness (QED) is 0.696. The number of hydrogen-bond acceptors (Lipinski definition) is 2. The Balaban J connectivity index is 2.97. The first kappa shape index (κ1) is 10.2. The van der Waals surface area contributed by atoms with Crippen LogP contribution in [-0.2, 0) is 0 Å².